The van der Waals surface area contributed by atoms with E-state index in [9.17, 15) is 4.39 Å². The van der Waals surface area contributed by atoms with Crippen molar-refractivity contribution < 1.29 is 9.13 Å². The highest BCUT2D eigenvalue weighted by atomic mass is 19.1. The van der Waals surface area contributed by atoms with Gasteiger partial charge in [-0.25, -0.2) is 9.37 Å². The van der Waals surface area contributed by atoms with Crippen molar-refractivity contribution in [2.75, 3.05) is 0 Å². The van der Waals surface area contributed by atoms with Gasteiger partial charge in [0.05, 0.1) is 0 Å². The number of hydrogen-bond acceptors (Lipinski definition) is 4. The Morgan fingerprint density at radius 1 is 1.26 bits per heavy atom. The number of nitrogens with one attached hydrogen (secondary N) is 1. The maximum Gasteiger partial charge on any atom is 0.322 e. The maximum atomic E-state index is 13.0. The number of aromatic nitrogens is 2. The van der Waals surface area contributed by atoms with E-state index in [1.807, 2.05) is 0 Å². The van der Waals surface area contributed by atoms with E-state index in [2.05, 4.69) is 9.97 Å². The van der Waals surface area contributed by atoms with E-state index in [0.29, 0.717) is 22.7 Å². The third kappa shape index (κ3) is 3.04. The van der Waals surface area contributed by atoms with Crippen LogP contribution >= 0.6 is 0 Å². The van der Waals surface area contributed by atoms with E-state index >= 15 is 0 Å². The summed E-state index contributed by atoms with van der Waals surface area (Å²) in [5.41, 5.74) is 6.94. The topological polar surface area (TPSA) is 84.9 Å². The summed E-state index contributed by atoms with van der Waals surface area (Å²) in [5.74, 6) is -0.0351. The molecule has 2 aromatic rings. The third-order valence-electron chi connectivity index (χ3n) is 2.45. The lowest BCUT2D eigenvalue weighted by Crippen LogP contribution is -2.14. The molecule has 2 rings (SSSR count). The van der Waals surface area contributed by atoms with Crippen LogP contribution in [0.5, 0.6) is 11.8 Å². The molecule has 0 saturated carbocycles. The lowest BCUT2D eigenvalue weighted by Gasteiger charge is -2.08. The van der Waals surface area contributed by atoms with E-state index in [1.165, 1.54) is 18.2 Å². The molecule has 98 valence electrons. The molecule has 19 heavy (non-hydrogen) atoms. The zero-order valence-corrected chi connectivity index (χ0v) is 10.6. The molecule has 0 amide bonds. The van der Waals surface area contributed by atoms with E-state index < -0.39 is 0 Å². The van der Waals surface area contributed by atoms with Crippen molar-refractivity contribution in [1.82, 2.24) is 9.97 Å². The van der Waals surface area contributed by atoms with Crippen LogP contribution in [-0.4, -0.2) is 15.8 Å². The Morgan fingerprint density at radius 2 is 2.00 bits per heavy atom. The normalized spacial score (nSPS) is 10.3. The highest BCUT2D eigenvalue weighted by Gasteiger charge is 2.08. The summed E-state index contributed by atoms with van der Waals surface area (Å²) < 4.78 is 18.5. The summed E-state index contributed by atoms with van der Waals surface area (Å²) in [5, 5.41) is 7.36. The van der Waals surface area contributed by atoms with Crippen LogP contribution in [0.1, 0.15) is 17.0 Å². The molecule has 0 atom stereocenters. The van der Waals surface area contributed by atoms with Crippen molar-refractivity contribution in [1.29, 1.82) is 5.41 Å². The van der Waals surface area contributed by atoms with Crippen LogP contribution in [-0.2, 0) is 0 Å². The zero-order chi connectivity index (χ0) is 14.0. The summed E-state index contributed by atoms with van der Waals surface area (Å²) in [7, 11) is 0. The lowest BCUT2D eigenvalue weighted by atomic mass is 10.2. The number of nitrogens with zero attached hydrogens (tertiary/aromatic N) is 2. The summed E-state index contributed by atoms with van der Waals surface area (Å²) in [6.45, 7) is 3.47. The Kier molecular flexibility index (Phi) is 3.41. The van der Waals surface area contributed by atoms with Crippen LogP contribution in [0.2, 0.25) is 0 Å². The predicted octanol–water partition coefficient (Wildman–Crippen LogP) is 2.31. The average molecular weight is 260 g/mol. The number of rotatable bonds is 3. The van der Waals surface area contributed by atoms with Gasteiger partial charge in [-0.1, -0.05) is 0 Å². The van der Waals surface area contributed by atoms with Gasteiger partial charge in [-0.2, -0.15) is 4.98 Å². The van der Waals surface area contributed by atoms with Crippen molar-refractivity contribution in [3.05, 3.63) is 47.0 Å². The van der Waals surface area contributed by atoms with E-state index in [4.69, 9.17) is 15.9 Å². The second-order valence-corrected chi connectivity index (χ2v) is 4.10. The summed E-state index contributed by atoms with van der Waals surface area (Å²) >= 11 is 0. The van der Waals surface area contributed by atoms with Crippen LogP contribution in [0, 0.1) is 25.1 Å². The van der Waals surface area contributed by atoms with Gasteiger partial charge < -0.3 is 10.5 Å². The monoisotopic (exact) mass is 260 g/mol. The molecule has 0 bridgehead atoms. The van der Waals surface area contributed by atoms with Crippen molar-refractivity contribution >= 4 is 5.84 Å². The van der Waals surface area contributed by atoms with Crippen LogP contribution in [0.15, 0.2) is 24.3 Å². The van der Waals surface area contributed by atoms with Gasteiger partial charge in [0.1, 0.15) is 23.1 Å². The summed E-state index contributed by atoms with van der Waals surface area (Å²) in [4.78, 5) is 8.11. The minimum Gasteiger partial charge on any atom is -0.424 e. The highest BCUT2D eigenvalue weighted by molar-refractivity contribution is 5.93. The first kappa shape index (κ1) is 12.9. The molecule has 3 N–H and O–H groups in total. The molecule has 1 aromatic carbocycles. The van der Waals surface area contributed by atoms with E-state index in [0.717, 1.165) is 0 Å². The zero-order valence-electron chi connectivity index (χ0n) is 10.6. The first-order valence-corrected chi connectivity index (χ1v) is 5.60. The molecule has 6 heteroatoms. The number of hydrogen-bond donors (Lipinski definition) is 2. The van der Waals surface area contributed by atoms with E-state index in [-0.39, 0.29) is 17.7 Å². The number of ether oxygens (including phenoxy) is 1. The van der Waals surface area contributed by atoms with Gasteiger partial charge >= 0.3 is 6.01 Å². The minimum absolute atomic E-state index is 0.0832. The Balaban J connectivity index is 2.35. The largest absolute Gasteiger partial charge is 0.424 e. The Hall–Kier alpha value is -2.50. The molecule has 0 unspecified atom stereocenters. The molecular formula is C13H13FN4O. The molecule has 0 aliphatic heterocycles. The van der Waals surface area contributed by atoms with Gasteiger partial charge in [0, 0.05) is 5.69 Å². The first-order chi connectivity index (χ1) is 8.95. The summed E-state index contributed by atoms with van der Waals surface area (Å²) in [6.07, 6.45) is 0. The quantitative estimate of drug-likeness (QED) is 0.655. The number of aryl methyl sites for hydroxylation is 2. The van der Waals surface area contributed by atoms with Crippen LogP contribution < -0.4 is 10.5 Å². The van der Waals surface area contributed by atoms with Gasteiger partial charge in [-0.05, 0) is 43.7 Å². The van der Waals surface area contributed by atoms with E-state index in [1.54, 1.807) is 19.9 Å². The standard InChI is InChI=1S/C13H13FN4O/c1-7-5-9(14)3-4-11(7)19-13-17-8(2)6-10(18-13)12(15)16/h3-6H,1-2H3,(H3,15,16). The smallest absolute Gasteiger partial charge is 0.322 e. The molecule has 0 aliphatic rings. The van der Waals surface area contributed by atoms with Crippen molar-refractivity contribution in [2.45, 2.75) is 13.8 Å². The highest BCUT2D eigenvalue weighted by Crippen LogP contribution is 2.23. The fourth-order valence-corrected chi connectivity index (χ4v) is 1.55. The number of benzene rings is 1. The minimum atomic E-state index is -0.334. The SMILES string of the molecule is Cc1cc(C(=N)N)nc(Oc2ccc(F)cc2C)n1. The average Bonchev–Trinajstić information content (AvgIpc) is 2.32. The first-order valence-electron chi connectivity index (χ1n) is 5.60. The van der Waals surface area contributed by atoms with Gasteiger partial charge in [-0.15, -0.1) is 0 Å². The van der Waals surface area contributed by atoms with Crippen molar-refractivity contribution in [2.24, 2.45) is 5.73 Å². The number of amidine groups is 1. The van der Waals surface area contributed by atoms with Crippen molar-refractivity contribution in [3.8, 4) is 11.8 Å². The summed E-state index contributed by atoms with van der Waals surface area (Å²) in [6, 6.07) is 5.83. The van der Waals surface area contributed by atoms with Crippen LogP contribution in [0.4, 0.5) is 4.39 Å². The number of nitrogens with two attached hydrogens (primary N) is 1. The fraction of sp³-hybridized carbons (Fsp3) is 0.154. The molecule has 0 spiro atoms. The Morgan fingerprint density at radius 3 is 2.63 bits per heavy atom. The molecule has 0 saturated heterocycles. The van der Waals surface area contributed by atoms with Crippen LogP contribution in [0.25, 0.3) is 0 Å². The molecule has 1 aromatic heterocycles. The van der Waals surface area contributed by atoms with Gasteiger partial charge in [0.25, 0.3) is 0 Å². The number of nitrogen functional groups attached to an aromatic ring is 1. The Bertz CT molecular complexity index is 643. The van der Waals surface area contributed by atoms with Crippen LogP contribution in [0.3, 0.4) is 0 Å². The molecule has 5 nitrogen and oxygen atoms in total. The van der Waals surface area contributed by atoms with Gasteiger partial charge in [-0.3, -0.25) is 5.41 Å². The molecule has 0 radical (unpaired) electrons. The maximum absolute atomic E-state index is 13.0. The molecule has 0 aliphatic carbocycles. The Labute approximate surface area is 109 Å². The van der Waals surface area contributed by atoms with Crippen molar-refractivity contribution in [3.63, 3.8) is 0 Å². The second kappa shape index (κ2) is 5.01. The second-order valence-electron chi connectivity index (χ2n) is 4.10. The predicted molar refractivity (Wildman–Crippen MR) is 69.0 cm³/mol. The van der Waals surface area contributed by atoms with Gasteiger partial charge in [0.15, 0.2) is 0 Å². The third-order valence-corrected chi connectivity index (χ3v) is 2.45. The lowest BCUT2D eigenvalue weighted by molar-refractivity contribution is 0.435. The molecular weight excluding hydrogens is 247 g/mol. The fourth-order valence-electron chi connectivity index (χ4n) is 1.55. The molecule has 0 fully saturated rings. The molecule has 1 heterocycles. The van der Waals surface area contributed by atoms with Gasteiger partial charge in [0.2, 0.25) is 0 Å². The number of halogens is 1.